The Balaban J connectivity index is 2.22. The molecule has 0 atom stereocenters. The van der Waals surface area contributed by atoms with Gasteiger partial charge in [0.15, 0.2) is 9.84 Å². The molecule has 0 amide bonds. The molecule has 0 N–H and O–H groups in total. The second kappa shape index (κ2) is 6.75. The minimum absolute atomic E-state index is 0.305. The largest absolute Gasteiger partial charge is 0.457 e. The summed E-state index contributed by atoms with van der Waals surface area (Å²) < 4.78 is 30.1. The third-order valence-corrected chi connectivity index (χ3v) is 6.33. The summed E-state index contributed by atoms with van der Waals surface area (Å²) in [4.78, 5) is 0.305. The Morgan fingerprint density at radius 1 is 0.955 bits per heavy atom. The van der Waals surface area contributed by atoms with Gasteiger partial charge in [-0.3, -0.25) is 0 Å². The number of hydrogen-bond donors (Lipinski definition) is 1. The lowest BCUT2D eigenvalue weighted by Crippen LogP contribution is -2.32. The van der Waals surface area contributed by atoms with Crippen LogP contribution in [0.2, 0.25) is 0 Å². The van der Waals surface area contributed by atoms with Gasteiger partial charge in [0.05, 0.1) is 9.64 Å². The van der Waals surface area contributed by atoms with Crippen molar-refractivity contribution in [1.29, 1.82) is 0 Å². The van der Waals surface area contributed by atoms with E-state index >= 15 is 0 Å². The Morgan fingerprint density at radius 3 is 2.05 bits per heavy atom. The Morgan fingerprint density at radius 2 is 1.50 bits per heavy atom. The molecule has 0 aliphatic rings. The van der Waals surface area contributed by atoms with Crippen LogP contribution in [0.3, 0.4) is 0 Å². The van der Waals surface area contributed by atoms with Crippen LogP contribution in [0, 0.1) is 0 Å². The zero-order valence-electron chi connectivity index (χ0n) is 12.7. The van der Waals surface area contributed by atoms with Crippen molar-refractivity contribution in [3.05, 3.63) is 54.6 Å². The Bertz CT molecular complexity index is 705. The first-order chi connectivity index (χ1) is 10.4. The van der Waals surface area contributed by atoms with Gasteiger partial charge in [0, 0.05) is 0 Å². The van der Waals surface area contributed by atoms with Crippen LogP contribution in [-0.4, -0.2) is 18.9 Å². The second-order valence-corrected chi connectivity index (χ2v) is 8.65. The van der Waals surface area contributed by atoms with Gasteiger partial charge in [-0.15, -0.1) is 0 Å². The minimum Gasteiger partial charge on any atom is -0.457 e. The van der Waals surface area contributed by atoms with Crippen molar-refractivity contribution >= 4 is 22.5 Å². The minimum atomic E-state index is -3.39. The van der Waals surface area contributed by atoms with E-state index in [0.717, 1.165) is 0 Å². The third kappa shape index (κ3) is 3.65. The first-order valence-corrected chi connectivity index (χ1v) is 9.17. The van der Waals surface area contributed by atoms with Gasteiger partial charge in [0.25, 0.3) is 0 Å². The Kier molecular flexibility index (Phi) is 5.19. The number of para-hydroxylation sites is 1. The maximum absolute atomic E-state index is 12.6. The van der Waals surface area contributed by atoms with Gasteiger partial charge in [-0.05, 0) is 62.4 Å². The topological polar surface area (TPSA) is 43.4 Å². The lowest BCUT2D eigenvalue weighted by molar-refractivity contribution is 0.482. The molecular weight excluding hydrogens is 316 g/mol. The molecule has 0 saturated carbocycles. The van der Waals surface area contributed by atoms with Crippen LogP contribution < -0.4 is 4.74 Å². The van der Waals surface area contributed by atoms with Crippen molar-refractivity contribution < 1.29 is 13.2 Å². The van der Waals surface area contributed by atoms with Gasteiger partial charge in [-0.2, -0.15) is 12.6 Å². The van der Waals surface area contributed by atoms with E-state index in [1.54, 1.807) is 38.1 Å². The molecule has 0 radical (unpaired) electrons. The van der Waals surface area contributed by atoms with Crippen molar-refractivity contribution in [3.63, 3.8) is 0 Å². The average Bonchev–Trinajstić information content (AvgIpc) is 2.48. The van der Waals surface area contributed by atoms with Crippen LogP contribution >= 0.6 is 12.6 Å². The van der Waals surface area contributed by atoms with Crippen molar-refractivity contribution in [2.24, 2.45) is 0 Å². The summed E-state index contributed by atoms with van der Waals surface area (Å²) in [7, 11) is -3.39. The van der Waals surface area contributed by atoms with Crippen molar-refractivity contribution in [1.82, 2.24) is 0 Å². The first-order valence-electron chi connectivity index (χ1n) is 7.05. The molecule has 2 aromatic carbocycles. The normalized spacial score (nSPS) is 12.1. The third-order valence-electron chi connectivity index (χ3n) is 3.55. The van der Waals surface area contributed by atoms with Crippen LogP contribution in [0.1, 0.15) is 20.3 Å². The molecule has 2 rings (SSSR count). The monoisotopic (exact) mass is 336 g/mol. The Hall–Kier alpha value is -1.46. The van der Waals surface area contributed by atoms with E-state index in [2.05, 4.69) is 12.6 Å². The van der Waals surface area contributed by atoms with Crippen LogP contribution in [0.5, 0.6) is 11.5 Å². The molecule has 0 spiro atoms. The van der Waals surface area contributed by atoms with Gasteiger partial charge < -0.3 is 4.74 Å². The van der Waals surface area contributed by atoms with Crippen LogP contribution in [0.4, 0.5) is 0 Å². The van der Waals surface area contributed by atoms with E-state index in [0.29, 0.717) is 28.6 Å². The van der Waals surface area contributed by atoms with Crippen LogP contribution in [-0.2, 0) is 9.84 Å². The predicted molar refractivity (Wildman–Crippen MR) is 92.7 cm³/mol. The highest BCUT2D eigenvalue weighted by molar-refractivity contribution is 7.92. The molecular formula is C17H20O3S2. The maximum atomic E-state index is 12.6. The molecule has 118 valence electrons. The molecule has 0 aliphatic carbocycles. The zero-order chi connectivity index (χ0) is 16.2. The average molecular weight is 336 g/mol. The molecule has 0 aromatic heterocycles. The molecule has 0 bridgehead atoms. The van der Waals surface area contributed by atoms with E-state index in [1.807, 2.05) is 30.3 Å². The van der Waals surface area contributed by atoms with Crippen molar-refractivity contribution in [2.75, 3.05) is 5.75 Å². The molecule has 0 heterocycles. The van der Waals surface area contributed by atoms with E-state index in [9.17, 15) is 8.42 Å². The first kappa shape index (κ1) is 16.9. The summed E-state index contributed by atoms with van der Waals surface area (Å²) in [6.07, 6.45) is 0.501. The number of benzene rings is 2. The van der Waals surface area contributed by atoms with Gasteiger partial charge in [0.2, 0.25) is 0 Å². The maximum Gasteiger partial charge on any atom is 0.183 e. The summed E-state index contributed by atoms with van der Waals surface area (Å²) in [6, 6.07) is 15.9. The van der Waals surface area contributed by atoms with E-state index in [4.69, 9.17) is 4.74 Å². The summed E-state index contributed by atoms with van der Waals surface area (Å²) in [6.45, 7) is 3.46. The quantitative estimate of drug-likeness (QED) is 0.798. The number of sulfone groups is 1. The van der Waals surface area contributed by atoms with Crippen molar-refractivity contribution in [2.45, 2.75) is 29.9 Å². The molecule has 0 fully saturated rings. The van der Waals surface area contributed by atoms with E-state index in [1.165, 1.54) is 0 Å². The molecule has 0 unspecified atom stereocenters. The fourth-order valence-electron chi connectivity index (χ4n) is 2.03. The summed E-state index contributed by atoms with van der Waals surface area (Å²) in [5.74, 6) is 1.85. The standard InChI is InChI=1S/C17H20O3S2/c1-17(2,12-13-21)22(18,19)16-10-8-15(9-11-16)20-14-6-4-3-5-7-14/h3-11,21H,12-13H2,1-2H3. The number of rotatable bonds is 6. The number of thiol groups is 1. The molecule has 0 saturated heterocycles. The van der Waals surface area contributed by atoms with Crippen LogP contribution in [0.25, 0.3) is 0 Å². The lowest BCUT2D eigenvalue weighted by atomic mass is 10.1. The smallest absolute Gasteiger partial charge is 0.183 e. The zero-order valence-corrected chi connectivity index (χ0v) is 14.4. The summed E-state index contributed by atoms with van der Waals surface area (Å²) in [5.41, 5.74) is 0. The van der Waals surface area contributed by atoms with Gasteiger partial charge in [-0.1, -0.05) is 18.2 Å². The highest BCUT2D eigenvalue weighted by Gasteiger charge is 2.34. The SMILES string of the molecule is CC(C)(CCS)S(=O)(=O)c1ccc(Oc2ccccc2)cc1. The second-order valence-electron chi connectivity index (χ2n) is 5.62. The highest BCUT2D eigenvalue weighted by atomic mass is 32.2. The highest BCUT2D eigenvalue weighted by Crippen LogP contribution is 2.30. The van der Waals surface area contributed by atoms with Crippen LogP contribution in [0.15, 0.2) is 59.5 Å². The number of hydrogen-bond acceptors (Lipinski definition) is 4. The molecule has 3 nitrogen and oxygen atoms in total. The predicted octanol–water partition coefficient (Wildman–Crippen LogP) is 4.35. The van der Waals surface area contributed by atoms with Gasteiger partial charge in [0.1, 0.15) is 11.5 Å². The molecule has 2 aromatic rings. The summed E-state index contributed by atoms with van der Waals surface area (Å²) >= 11 is 4.15. The fourth-order valence-corrected chi connectivity index (χ4v) is 4.25. The summed E-state index contributed by atoms with van der Waals surface area (Å²) in [5, 5.41) is 0. The van der Waals surface area contributed by atoms with Gasteiger partial charge in [-0.25, -0.2) is 8.42 Å². The fraction of sp³-hybridized carbons (Fsp3) is 0.294. The van der Waals surface area contributed by atoms with E-state index in [-0.39, 0.29) is 0 Å². The van der Waals surface area contributed by atoms with Crippen molar-refractivity contribution in [3.8, 4) is 11.5 Å². The molecule has 5 heteroatoms. The lowest BCUT2D eigenvalue weighted by Gasteiger charge is -2.24. The molecule has 22 heavy (non-hydrogen) atoms. The molecule has 0 aliphatic heterocycles. The number of ether oxygens (including phenoxy) is 1. The van der Waals surface area contributed by atoms with E-state index < -0.39 is 14.6 Å². The Labute approximate surface area is 137 Å². The van der Waals surface area contributed by atoms with Gasteiger partial charge >= 0.3 is 0 Å².